The molecule has 0 aromatic heterocycles. The Kier molecular flexibility index (Phi) is 8.19. The van der Waals surface area contributed by atoms with Crippen molar-refractivity contribution in [2.75, 3.05) is 39.8 Å². The Balaban J connectivity index is 1.78. The summed E-state index contributed by atoms with van der Waals surface area (Å²) >= 11 is 5.91. The lowest BCUT2D eigenvalue weighted by Crippen LogP contribution is -2.55. The second-order valence-corrected chi connectivity index (χ2v) is 7.05. The van der Waals surface area contributed by atoms with Crippen LogP contribution in [0.3, 0.4) is 0 Å². The van der Waals surface area contributed by atoms with Crippen LogP contribution in [0.25, 0.3) is 0 Å². The standard InChI is InChI=1S/C19H29ClN4O2/c1-15(2)26-12-4-9-22-19(21-3)24-11-10-23(18(25)14-24)13-16-5-7-17(20)8-6-16/h5-8,15H,4,9-14H2,1-3H3,(H,21,22). The fourth-order valence-electron chi connectivity index (χ4n) is 2.79. The highest BCUT2D eigenvalue weighted by molar-refractivity contribution is 6.30. The van der Waals surface area contributed by atoms with Crippen molar-refractivity contribution >= 4 is 23.5 Å². The molecule has 0 aliphatic carbocycles. The van der Waals surface area contributed by atoms with E-state index in [0.717, 1.165) is 37.6 Å². The minimum Gasteiger partial charge on any atom is -0.379 e. The van der Waals surface area contributed by atoms with Gasteiger partial charge in [-0.1, -0.05) is 23.7 Å². The van der Waals surface area contributed by atoms with Crippen molar-refractivity contribution in [3.8, 4) is 0 Å². The molecule has 1 aromatic carbocycles. The molecule has 1 aromatic rings. The molecule has 1 aliphatic heterocycles. The van der Waals surface area contributed by atoms with Gasteiger partial charge in [-0.2, -0.15) is 0 Å². The normalized spacial score (nSPS) is 15.7. The number of piperazine rings is 1. The maximum Gasteiger partial charge on any atom is 0.242 e. The number of nitrogens with zero attached hydrogens (tertiary/aromatic N) is 3. The molecule has 144 valence electrons. The number of guanidine groups is 1. The Morgan fingerprint density at radius 2 is 2.04 bits per heavy atom. The van der Waals surface area contributed by atoms with Crippen molar-refractivity contribution in [3.63, 3.8) is 0 Å². The quantitative estimate of drug-likeness (QED) is 0.448. The van der Waals surface area contributed by atoms with Crippen LogP contribution >= 0.6 is 11.6 Å². The van der Waals surface area contributed by atoms with Crippen LogP contribution in [0.1, 0.15) is 25.8 Å². The van der Waals surface area contributed by atoms with Gasteiger partial charge in [0.25, 0.3) is 0 Å². The molecule has 1 amide bonds. The maximum absolute atomic E-state index is 12.5. The SMILES string of the molecule is CN=C(NCCCOC(C)C)N1CCN(Cc2ccc(Cl)cc2)C(=O)C1. The molecule has 1 heterocycles. The van der Waals surface area contributed by atoms with E-state index in [4.69, 9.17) is 16.3 Å². The number of nitrogens with one attached hydrogen (secondary N) is 1. The van der Waals surface area contributed by atoms with Crippen LogP contribution in [-0.2, 0) is 16.1 Å². The molecule has 1 saturated heterocycles. The second kappa shape index (κ2) is 10.4. The molecule has 6 nitrogen and oxygen atoms in total. The number of benzene rings is 1. The van der Waals surface area contributed by atoms with Crippen molar-refractivity contribution in [1.29, 1.82) is 0 Å². The predicted molar refractivity (Wildman–Crippen MR) is 106 cm³/mol. The van der Waals surface area contributed by atoms with Gasteiger partial charge < -0.3 is 19.9 Å². The first-order valence-electron chi connectivity index (χ1n) is 9.09. The zero-order valence-electron chi connectivity index (χ0n) is 15.9. The number of ether oxygens (including phenoxy) is 1. The van der Waals surface area contributed by atoms with Crippen LogP contribution in [0, 0.1) is 0 Å². The zero-order chi connectivity index (χ0) is 18.9. The highest BCUT2D eigenvalue weighted by Gasteiger charge is 2.25. The first-order valence-corrected chi connectivity index (χ1v) is 9.47. The summed E-state index contributed by atoms with van der Waals surface area (Å²) in [5.41, 5.74) is 1.09. The summed E-state index contributed by atoms with van der Waals surface area (Å²) in [7, 11) is 1.75. The Hall–Kier alpha value is -1.79. The Labute approximate surface area is 161 Å². The topological polar surface area (TPSA) is 57.2 Å². The minimum absolute atomic E-state index is 0.109. The molecular formula is C19H29ClN4O2. The summed E-state index contributed by atoms with van der Waals surface area (Å²) in [4.78, 5) is 20.7. The van der Waals surface area contributed by atoms with E-state index in [-0.39, 0.29) is 12.0 Å². The number of carbonyl (C=O) groups excluding carboxylic acids is 1. The smallest absolute Gasteiger partial charge is 0.242 e. The van der Waals surface area contributed by atoms with E-state index in [1.165, 1.54) is 0 Å². The average molecular weight is 381 g/mol. The molecule has 0 bridgehead atoms. The molecule has 0 atom stereocenters. The number of rotatable bonds is 7. The average Bonchev–Trinajstić information content (AvgIpc) is 2.61. The Bertz CT molecular complexity index is 604. The molecule has 0 radical (unpaired) electrons. The van der Waals surface area contributed by atoms with Gasteiger partial charge >= 0.3 is 0 Å². The van der Waals surface area contributed by atoms with Gasteiger partial charge in [-0.15, -0.1) is 0 Å². The molecule has 7 heteroatoms. The van der Waals surface area contributed by atoms with Gasteiger partial charge in [-0.05, 0) is 38.0 Å². The third-order valence-corrected chi connectivity index (χ3v) is 4.42. The molecule has 0 unspecified atom stereocenters. The van der Waals surface area contributed by atoms with Crippen LogP contribution in [-0.4, -0.2) is 67.6 Å². The van der Waals surface area contributed by atoms with Crippen molar-refractivity contribution < 1.29 is 9.53 Å². The van der Waals surface area contributed by atoms with E-state index >= 15 is 0 Å². The van der Waals surface area contributed by atoms with Gasteiger partial charge in [0.2, 0.25) is 5.91 Å². The van der Waals surface area contributed by atoms with Crippen LogP contribution in [0.4, 0.5) is 0 Å². The summed E-state index contributed by atoms with van der Waals surface area (Å²) in [6.07, 6.45) is 1.16. The summed E-state index contributed by atoms with van der Waals surface area (Å²) in [6, 6.07) is 7.63. The van der Waals surface area contributed by atoms with Crippen molar-refractivity contribution in [2.45, 2.75) is 32.9 Å². The molecular weight excluding hydrogens is 352 g/mol. The molecule has 26 heavy (non-hydrogen) atoms. The first-order chi connectivity index (χ1) is 12.5. The second-order valence-electron chi connectivity index (χ2n) is 6.61. The number of carbonyl (C=O) groups is 1. The van der Waals surface area contributed by atoms with Gasteiger partial charge in [-0.3, -0.25) is 9.79 Å². The molecule has 1 aliphatic rings. The van der Waals surface area contributed by atoms with Crippen LogP contribution in [0.5, 0.6) is 0 Å². The number of aliphatic imine (C=N–C) groups is 1. The van der Waals surface area contributed by atoms with Crippen molar-refractivity contribution in [1.82, 2.24) is 15.1 Å². The summed E-state index contributed by atoms with van der Waals surface area (Å²) in [6.45, 7) is 7.95. The Morgan fingerprint density at radius 3 is 2.65 bits per heavy atom. The third kappa shape index (κ3) is 6.50. The third-order valence-electron chi connectivity index (χ3n) is 4.17. The number of amides is 1. The monoisotopic (exact) mass is 380 g/mol. The van der Waals surface area contributed by atoms with Crippen LogP contribution in [0.2, 0.25) is 5.02 Å². The van der Waals surface area contributed by atoms with E-state index in [9.17, 15) is 4.79 Å². The molecule has 0 spiro atoms. The van der Waals surface area contributed by atoms with E-state index in [2.05, 4.69) is 10.3 Å². The van der Waals surface area contributed by atoms with E-state index in [1.54, 1.807) is 7.05 Å². The minimum atomic E-state index is 0.109. The fourth-order valence-corrected chi connectivity index (χ4v) is 2.92. The first kappa shape index (κ1) is 20.5. The fraction of sp³-hybridized carbons (Fsp3) is 0.579. The van der Waals surface area contributed by atoms with Gasteiger partial charge in [0, 0.05) is 44.9 Å². The summed E-state index contributed by atoms with van der Waals surface area (Å²) in [5.74, 6) is 0.881. The van der Waals surface area contributed by atoms with E-state index < -0.39 is 0 Å². The van der Waals surface area contributed by atoms with Crippen LogP contribution < -0.4 is 5.32 Å². The lowest BCUT2D eigenvalue weighted by Gasteiger charge is -2.36. The van der Waals surface area contributed by atoms with Crippen LogP contribution in [0.15, 0.2) is 29.3 Å². The highest BCUT2D eigenvalue weighted by atomic mass is 35.5. The van der Waals surface area contributed by atoms with Gasteiger partial charge in [0.15, 0.2) is 5.96 Å². The molecule has 2 rings (SSSR count). The van der Waals surface area contributed by atoms with Gasteiger partial charge in [-0.25, -0.2) is 0 Å². The van der Waals surface area contributed by atoms with E-state index in [0.29, 0.717) is 24.7 Å². The number of halogens is 1. The lowest BCUT2D eigenvalue weighted by atomic mass is 10.2. The highest BCUT2D eigenvalue weighted by Crippen LogP contribution is 2.13. The lowest BCUT2D eigenvalue weighted by molar-refractivity contribution is -0.135. The number of hydrogen-bond donors (Lipinski definition) is 1. The molecule has 1 N–H and O–H groups in total. The van der Waals surface area contributed by atoms with E-state index in [1.807, 2.05) is 47.9 Å². The Morgan fingerprint density at radius 1 is 1.31 bits per heavy atom. The number of hydrogen-bond acceptors (Lipinski definition) is 3. The van der Waals surface area contributed by atoms with Gasteiger partial charge in [0.1, 0.15) is 0 Å². The van der Waals surface area contributed by atoms with Crippen molar-refractivity contribution in [2.24, 2.45) is 4.99 Å². The largest absolute Gasteiger partial charge is 0.379 e. The summed E-state index contributed by atoms with van der Waals surface area (Å²) in [5, 5.41) is 4.02. The molecule has 1 fully saturated rings. The molecule has 0 saturated carbocycles. The maximum atomic E-state index is 12.5. The predicted octanol–water partition coefficient (Wildman–Crippen LogP) is 2.37. The van der Waals surface area contributed by atoms with Gasteiger partial charge in [0.05, 0.1) is 12.6 Å². The zero-order valence-corrected chi connectivity index (χ0v) is 16.6. The summed E-state index contributed by atoms with van der Waals surface area (Å²) < 4.78 is 5.54. The van der Waals surface area contributed by atoms with Crippen molar-refractivity contribution in [3.05, 3.63) is 34.9 Å².